The van der Waals surface area contributed by atoms with Crippen LogP contribution in [0.5, 0.6) is 0 Å². The number of nitrogens with zero attached hydrogens (tertiary/aromatic N) is 10. The van der Waals surface area contributed by atoms with Crippen molar-refractivity contribution in [2.24, 2.45) is 13.0 Å². The van der Waals surface area contributed by atoms with E-state index in [2.05, 4.69) is 34.2 Å². The smallest absolute Gasteiger partial charge is 0.380 e. The Kier molecular flexibility index (Phi) is 12.7. The first-order valence-electron chi connectivity index (χ1n) is 24.1. The molecule has 0 spiro atoms. The molecule has 0 bridgehead atoms. The van der Waals surface area contributed by atoms with Gasteiger partial charge < -0.3 is 19.7 Å². The fraction of sp³-hybridized carbons (Fsp3) is 0.183. The van der Waals surface area contributed by atoms with Gasteiger partial charge in [0.25, 0.3) is 0 Å². The summed E-state index contributed by atoms with van der Waals surface area (Å²) in [5.74, 6) is -0.566. The number of aromatic nitrogens is 5. The molecule has 5 heterocycles. The van der Waals surface area contributed by atoms with Gasteiger partial charge in [-0.2, -0.15) is 34.2 Å². The number of halogens is 3. The van der Waals surface area contributed by atoms with Crippen LogP contribution < -0.4 is 0 Å². The van der Waals surface area contributed by atoms with Crippen LogP contribution >= 0.6 is 0 Å². The molecule has 16 heteroatoms. The lowest BCUT2D eigenvalue weighted by atomic mass is 9.71. The number of aryl methyl sites for hydroxylation is 2. The molecule has 0 radical (unpaired) electrons. The van der Waals surface area contributed by atoms with E-state index in [1.807, 2.05) is 6.07 Å². The second-order valence-electron chi connectivity index (χ2n) is 18.9. The van der Waals surface area contributed by atoms with Crippen molar-refractivity contribution in [3.8, 4) is 57.7 Å². The van der Waals surface area contributed by atoms with Crippen molar-refractivity contribution in [2.45, 2.75) is 44.1 Å². The lowest BCUT2D eigenvalue weighted by Crippen LogP contribution is -2.45. The maximum absolute atomic E-state index is 13.9. The first-order valence-corrected chi connectivity index (χ1v) is 24.1. The van der Waals surface area contributed by atoms with E-state index < -0.39 is 29.0 Å². The maximum atomic E-state index is 13.9. The van der Waals surface area contributed by atoms with Crippen molar-refractivity contribution in [1.29, 1.82) is 21.0 Å². The van der Waals surface area contributed by atoms with Gasteiger partial charge in [0.1, 0.15) is 47.0 Å². The number of likely N-dealkylation sites (tertiary alicyclic amines) is 1. The van der Waals surface area contributed by atoms with Crippen LogP contribution in [0.1, 0.15) is 81.5 Å². The van der Waals surface area contributed by atoms with Crippen LogP contribution in [-0.4, -0.2) is 58.6 Å². The molecule has 2 atom stereocenters. The number of hydrogen-bond acceptors (Lipinski definition) is 11. The average molecular weight is 1010 g/mol. The third-order valence-electron chi connectivity index (χ3n) is 14.6. The zero-order chi connectivity index (χ0) is 53.7. The first-order chi connectivity index (χ1) is 36.5. The summed E-state index contributed by atoms with van der Waals surface area (Å²) in [7, 11) is 1.62. The van der Waals surface area contributed by atoms with Gasteiger partial charge in [-0.25, -0.2) is 15.0 Å². The second kappa shape index (κ2) is 19.4. The third-order valence-corrected chi connectivity index (χ3v) is 14.6. The molecule has 0 saturated carbocycles. The number of fused-ring (bicyclic) bond motifs is 2. The van der Waals surface area contributed by atoms with E-state index in [9.17, 15) is 49.2 Å². The molecule has 1 saturated heterocycles. The first kappa shape index (κ1) is 50.0. The number of carbonyl (C=O) groups is 1. The predicted molar refractivity (Wildman–Crippen MR) is 276 cm³/mol. The summed E-state index contributed by atoms with van der Waals surface area (Å²) in [6.45, 7) is 4.04. The molecule has 1 aliphatic rings. The van der Waals surface area contributed by atoms with Gasteiger partial charge in [-0.1, -0.05) is 97.1 Å². The minimum absolute atomic E-state index is 0.0470. The van der Waals surface area contributed by atoms with Crippen LogP contribution in [0.25, 0.3) is 55.2 Å². The molecule has 1 aliphatic heterocycles. The molecule has 13 nitrogen and oxygen atoms in total. The number of carbonyl (C=O) groups excluding carboxylic acids is 1. The van der Waals surface area contributed by atoms with Crippen molar-refractivity contribution < 1.29 is 28.2 Å². The van der Waals surface area contributed by atoms with Gasteiger partial charge in [0.05, 0.1) is 40.4 Å². The Morgan fingerprint density at radius 3 is 1.71 bits per heavy atom. The van der Waals surface area contributed by atoms with Crippen LogP contribution in [0.15, 0.2) is 140 Å². The summed E-state index contributed by atoms with van der Waals surface area (Å²) in [4.78, 5) is 31.9. The standard InChI is InChI=1S/C60H43F3N10O3/c1-35-24-43(26-46-48(28-64)54(38-10-6-4-7-11-38)50(30-66)70-56(35)46)58(75,41-20-22-73(23-21-41)36(2)74)40-16-14-37(15-17-40)45-25-44(27-47-49(29-65)55(39-12-8-5-9-13-39)51(31-67)71-57(45)47)59(76,53-33-68-34-72(53)3)42-18-19-52(69-32-42)60(61,62)63/h4-19,24-27,32-34,41,75-76H,20-23H2,1-3H3. The summed E-state index contributed by atoms with van der Waals surface area (Å²) < 4.78 is 43.3. The van der Waals surface area contributed by atoms with Gasteiger partial charge in [-0.05, 0) is 88.9 Å². The topological polar surface area (TPSA) is 212 Å². The number of pyridine rings is 3. The number of hydrogen-bond donors (Lipinski definition) is 2. The summed E-state index contributed by atoms with van der Waals surface area (Å²) in [6, 6.07) is 42.3. The number of alkyl halides is 3. The van der Waals surface area contributed by atoms with Crippen LogP contribution in [0.2, 0.25) is 0 Å². The molecular weight excluding hydrogens is 966 g/mol. The van der Waals surface area contributed by atoms with E-state index in [0.717, 1.165) is 18.3 Å². The third kappa shape index (κ3) is 8.32. The Balaban J connectivity index is 1.22. The molecule has 10 rings (SSSR count). The van der Waals surface area contributed by atoms with E-state index in [0.29, 0.717) is 81.3 Å². The highest BCUT2D eigenvalue weighted by Crippen LogP contribution is 2.47. The highest BCUT2D eigenvalue weighted by Gasteiger charge is 2.44. The van der Waals surface area contributed by atoms with Crippen molar-refractivity contribution in [3.63, 3.8) is 0 Å². The van der Waals surface area contributed by atoms with E-state index >= 15 is 0 Å². The zero-order valence-corrected chi connectivity index (χ0v) is 41.1. The van der Waals surface area contributed by atoms with E-state index in [1.54, 1.807) is 122 Å². The molecule has 1 fully saturated rings. The van der Waals surface area contributed by atoms with E-state index in [-0.39, 0.29) is 61.7 Å². The number of amides is 1. The maximum Gasteiger partial charge on any atom is 0.433 e. The number of imidazole rings is 1. The van der Waals surface area contributed by atoms with Crippen molar-refractivity contribution in [2.75, 3.05) is 13.1 Å². The van der Waals surface area contributed by atoms with Crippen LogP contribution in [0, 0.1) is 58.2 Å². The Hall–Kier alpha value is -9.58. The molecule has 372 valence electrons. The lowest BCUT2D eigenvalue weighted by molar-refractivity contribution is -0.141. The van der Waals surface area contributed by atoms with E-state index in [1.165, 1.54) is 24.0 Å². The Morgan fingerprint density at radius 2 is 1.21 bits per heavy atom. The Morgan fingerprint density at radius 1 is 0.658 bits per heavy atom. The predicted octanol–water partition coefficient (Wildman–Crippen LogP) is 10.5. The van der Waals surface area contributed by atoms with Crippen molar-refractivity contribution in [1.82, 2.24) is 29.4 Å². The SMILES string of the molecule is CC(=O)N1CCC(C(O)(c2ccc(-c3cc(C(O)(c4ccc(C(F)(F)F)nc4)c4cncn4C)cc4c(C#N)c(-c5ccccc5)c(C#N)nc34)cc2)c2cc(C)c3nc(C#N)c(-c4ccccc4)c(C#N)c3c2)CC1. The molecule has 0 aliphatic carbocycles. The molecule has 9 aromatic rings. The van der Waals surface area contributed by atoms with Gasteiger partial charge in [-0.15, -0.1) is 0 Å². The van der Waals surface area contributed by atoms with Crippen LogP contribution in [0.3, 0.4) is 0 Å². The molecule has 5 aromatic carbocycles. The van der Waals surface area contributed by atoms with Gasteiger partial charge in [0.2, 0.25) is 5.91 Å². The van der Waals surface area contributed by atoms with Crippen molar-refractivity contribution >= 4 is 27.7 Å². The molecular formula is C60H43F3N10O3. The molecule has 76 heavy (non-hydrogen) atoms. The van der Waals surface area contributed by atoms with Crippen LogP contribution in [0.4, 0.5) is 13.2 Å². The monoisotopic (exact) mass is 1010 g/mol. The molecule has 1 amide bonds. The zero-order valence-electron chi connectivity index (χ0n) is 41.1. The van der Waals surface area contributed by atoms with Gasteiger partial charge in [-0.3, -0.25) is 9.78 Å². The summed E-state index contributed by atoms with van der Waals surface area (Å²) in [5.41, 5.74) is -0.0996. The number of aliphatic hydroxyl groups is 2. The Labute approximate surface area is 434 Å². The van der Waals surface area contributed by atoms with Gasteiger partial charge >= 0.3 is 6.18 Å². The van der Waals surface area contributed by atoms with Crippen molar-refractivity contribution in [3.05, 3.63) is 202 Å². The quantitative estimate of drug-likeness (QED) is 0.139. The number of rotatable bonds is 9. The van der Waals surface area contributed by atoms with Crippen LogP contribution in [-0.2, 0) is 29.2 Å². The average Bonchev–Trinajstić information content (AvgIpc) is 3.97. The summed E-state index contributed by atoms with van der Waals surface area (Å²) >= 11 is 0. The fourth-order valence-corrected chi connectivity index (χ4v) is 10.8. The van der Waals surface area contributed by atoms with Gasteiger partial charge in [0.15, 0.2) is 5.60 Å². The largest absolute Gasteiger partial charge is 0.433 e. The van der Waals surface area contributed by atoms with E-state index in [4.69, 9.17) is 9.97 Å². The number of benzene rings is 5. The normalized spacial score (nSPS) is 14.5. The fourth-order valence-electron chi connectivity index (χ4n) is 10.8. The summed E-state index contributed by atoms with van der Waals surface area (Å²) in [6.07, 6.45) is -0.214. The number of piperidine rings is 1. The minimum atomic E-state index is -4.78. The van der Waals surface area contributed by atoms with Gasteiger partial charge in [0, 0.05) is 66.3 Å². The molecule has 2 unspecified atom stereocenters. The molecule has 4 aromatic heterocycles. The lowest BCUT2D eigenvalue weighted by Gasteiger charge is -2.42. The summed E-state index contributed by atoms with van der Waals surface area (Å²) in [5, 5.41) is 70.4. The highest BCUT2D eigenvalue weighted by atomic mass is 19.4. The minimum Gasteiger partial charge on any atom is -0.380 e. The highest BCUT2D eigenvalue weighted by molar-refractivity contribution is 6.02. The molecule has 2 N–H and O–H groups in total. The number of nitriles is 4. The second-order valence-corrected chi connectivity index (χ2v) is 18.9. The Bertz CT molecular complexity index is 3960.